The summed E-state index contributed by atoms with van der Waals surface area (Å²) >= 11 is 0. The van der Waals surface area contributed by atoms with E-state index < -0.39 is 11.9 Å². The summed E-state index contributed by atoms with van der Waals surface area (Å²) < 4.78 is 0. The van der Waals surface area contributed by atoms with Crippen LogP contribution in [-0.2, 0) is 9.59 Å². The summed E-state index contributed by atoms with van der Waals surface area (Å²) in [6.07, 6.45) is 2.23. The summed E-state index contributed by atoms with van der Waals surface area (Å²) in [6, 6.07) is -0.212. The molecule has 2 atom stereocenters. The van der Waals surface area contributed by atoms with Crippen LogP contribution in [0.5, 0.6) is 0 Å². The summed E-state index contributed by atoms with van der Waals surface area (Å²) in [5.74, 6) is -1.29. The average Bonchev–Trinajstić information content (AvgIpc) is 2.60. The number of rotatable bonds is 5. The molecule has 5 nitrogen and oxygen atoms in total. The Kier molecular flexibility index (Phi) is 4.49. The number of likely N-dealkylation sites (tertiary alicyclic amines) is 1. The van der Waals surface area contributed by atoms with Crippen LogP contribution in [0, 0.1) is 5.92 Å². The van der Waals surface area contributed by atoms with Gasteiger partial charge in [-0.3, -0.25) is 9.59 Å². The summed E-state index contributed by atoms with van der Waals surface area (Å²) in [7, 11) is 0. The molecule has 1 heterocycles. The molecule has 0 spiro atoms. The molecule has 16 heavy (non-hydrogen) atoms. The second-order valence-electron chi connectivity index (χ2n) is 3.98. The number of carbonyl (C=O) groups is 2. The van der Waals surface area contributed by atoms with Crippen molar-refractivity contribution in [2.45, 2.75) is 19.4 Å². The molecule has 0 aromatic heterocycles. The second-order valence-corrected chi connectivity index (χ2v) is 3.98. The molecule has 1 saturated heterocycles. The highest BCUT2D eigenvalue weighted by Gasteiger charge is 2.37. The standard InChI is InChI=1S/C11H18N2O3/c1-3-5-12-7-10(14)13-6-4-9(8(13)2)11(15)16/h3,8-9,12H,1,4-7H2,2H3,(H,15,16). The third-order valence-corrected chi connectivity index (χ3v) is 2.96. The lowest BCUT2D eigenvalue weighted by molar-refractivity contribution is -0.142. The van der Waals surface area contributed by atoms with Crippen LogP contribution in [0.1, 0.15) is 13.3 Å². The predicted octanol–water partition coefficient (Wildman–Crippen LogP) is 0.0836. The molecule has 5 heteroatoms. The third kappa shape index (κ3) is 2.82. The van der Waals surface area contributed by atoms with Crippen molar-refractivity contribution in [1.29, 1.82) is 0 Å². The van der Waals surface area contributed by atoms with E-state index in [1.807, 2.05) is 0 Å². The minimum absolute atomic E-state index is 0.0434. The summed E-state index contributed by atoms with van der Waals surface area (Å²) in [5.41, 5.74) is 0. The Morgan fingerprint density at radius 1 is 1.62 bits per heavy atom. The molecular weight excluding hydrogens is 208 g/mol. The van der Waals surface area contributed by atoms with Crippen molar-refractivity contribution in [3.8, 4) is 0 Å². The Hall–Kier alpha value is -1.36. The summed E-state index contributed by atoms with van der Waals surface area (Å²) in [6.45, 7) is 6.68. The monoisotopic (exact) mass is 226 g/mol. The molecule has 1 rings (SSSR count). The molecule has 2 unspecified atom stereocenters. The molecule has 1 aliphatic heterocycles. The van der Waals surface area contributed by atoms with Crippen molar-refractivity contribution in [2.24, 2.45) is 5.92 Å². The van der Waals surface area contributed by atoms with Crippen molar-refractivity contribution in [1.82, 2.24) is 10.2 Å². The minimum Gasteiger partial charge on any atom is -0.481 e. The molecule has 1 aliphatic rings. The topological polar surface area (TPSA) is 69.6 Å². The number of hydrogen-bond donors (Lipinski definition) is 2. The summed E-state index contributed by atoms with van der Waals surface area (Å²) in [4.78, 5) is 24.2. The highest BCUT2D eigenvalue weighted by molar-refractivity contribution is 5.81. The molecule has 0 bridgehead atoms. The zero-order valence-electron chi connectivity index (χ0n) is 9.48. The van der Waals surface area contributed by atoms with E-state index in [1.54, 1.807) is 17.9 Å². The van der Waals surface area contributed by atoms with E-state index in [0.29, 0.717) is 19.5 Å². The van der Waals surface area contributed by atoms with Gasteiger partial charge in [-0.2, -0.15) is 0 Å². The minimum atomic E-state index is -0.818. The van der Waals surface area contributed by atoms with Gasteiger partial charge in [-0.25, -0.2) is 0 Å². The zero-order chi connectivity index (χ0) is 12.1. The van der Waals surface area contributed by atoms with Crippen molar-refractivity contribution in [2.75, 3.05) is 19.6 Å². The fourth-order valence-electron chi connectivity index (χ4n) is 2.00. The first-order valence-corrected chi connectivity index (χ1v) is 5.41. The van der Waals surface area contributed by atoms with Gasteiger partial charge in [0.15, 0.2) is 0 Å². The molecule has 1 fully saturated rings. The Balaban J connectivity index is 2.46. The predicted molar refractivity (Wildman–Crippen MR) is 60.0 cm³/mol. The molecule has 1 amide bonds. The van der Waals surface area contributed by atoms with Crippen LogP contribution in [0.25, 0.3) is 0 Å². The number of carbonyl (C=O) groups excluding carboxylic acids is 1. The molecule has 0 saturated carbocycles. The van der Waals surface area contributed by atoms with Gasteiger partial charge < -0.3 is 15.3 Å². The second kappa shape index (κ2) is 5.65. The van der Waals surface area contributed by atoms with Crippen LogP contribution >= 0.6 is 0 Å². The fourth-order valence-corrected chi connectivity index (χ4v) is 2.00. The van der Waals surface area contributed by atoms with Crippen LogP contribution in [0.2, 0.25) is 0 Å². The maximum Gasteiger partial charge on any atom is 0.308 e. The van der Waals surface area contributed by atoms with Crippen LogP contribution in [0.15, 0.2) is 12.7 Å². The lowest BCUT2D eigenvalue weighted by Crippen LogP contribution is -2.42. The van der Waals surface area contributed by atoms with Crippen molar-refractivity contribution in [3.05, 3.63) is 12.7 Å². The SMILES string of the molecule is C=CCNCC(=O)N1CCC(C(=O)O)C1C. The van der Waals surface area contributed by atoms with Gasteiger partial charge in [0.25, 0.3) is 0 Å². The smallest absolute Gasteiger partial charge is 0.308 e. The Morgan fingerprint density at radius 2 is 2.31 bits per heavy atom. The van der Waals surface area contributed by atoms with Crippen LogP contribution in [-0.4, -0.2) is 47.6 Å². The molecule has 90 valence electrons. The molecule has 2 N–H and O–H groups in total. The van der Waals surface area contributed by atoms with Crippen LogP contribution in [0.3, 0.4) is 0 Å². The number of nitrogens with one attached hydrogen (secondary N) is 1. The van der Waals surface area contributed by atoms with Gasteiger partial charge in [0.2, 0.25) is 5.91 Å². The van der Waals surface area contributed by atoms with Crippen LogP contribution < -0.4 is 5.32 Å². The van der Waals surface area contributed by atoms with E-state index in [-0.39, 0.29) is 18.5 Å². The number of aliphatic carboxylic acids is 1. The van der Waals surface area contributed by atoms with Crippen molar-refractivity contribution in [3.63, 3.8) is 0 Å². The third-order valence-electron chi connectivity index (χ3n) is 2.96. The first-order chi connectivity index (χ1) is 7.57. The molecule has 0 aromatic rings. The Bertz CT molecular complexity index is 291. The number of carboxylic acid groups (broad SMARTS) is 1. The van der Waals surface area contributed by atoms with E-state index >= 15 is 0 Å². The average molecular weight is 226 g/mol. The molecule has 0 radical (unpaired) electrons. The van der Waals surface area contributed by atoms with Gasteiger partial charge >= 0.3 is 5.97 Å². The van der Waals surface area contributed by atoms with E-state index in [0.717, 1.165) is 0 Å². The highest BCUT2D eigenvalue weighted by atomic mass is 16.4. The highest BCUT2D eigenvalue weighted by Crippen LogP contribution is 2.23. The van der Waals surface area contributed by atoms with Crippen LogP contribution in [0.4, 0.5) is 0 Å². The van der Waals surface area contributed by atoms with E-state index in [2.05, 4.69) is 11.9 Å². The molecular formula is C11H18N2O3. The van der Waals surface area contributed by atoms with E-state index in [4.69, 9.17) is 5.11 Å². The van der Waals surface area contributed by atoms with Gasteiger partial charge in [0, 0.05) is 19.1 Å². The number of nitrogens with zero attached hydrogens (tertiary/aromatic N) is 1. The van der Waals surface area contributed by atoms with Gasteiger partial charge in [0.05, 0.1) is 12.5 Å². The zero-order valence-corrected chi connectivity index (χ0v) is 9.48. The van der Waals surface area contributed by atoms with Crippen molar-refractivity contribution < 1.29 is 14.7 Å². The van der Waals surface area contributed by atoms with Crippen molar-refractivity contribution >= 4 is 11.9 Å². The normalized spacial score (nSPS) is 24.4. The lowest BCUT2D eigenvalue weighted by Gasteiger charge is -2.23. The van der Waals surface area contributed by atoms with Gasteiger partial charge in [-0.05, 0) is 13.3 Å². The number of carboxylic acids is 1. The first-order valence-electron chi connectivity index (χ1n) is 5.41. The number of hydrogen-bond acceptors (Lipinski definition) is 3. The maximum absolute atomic E-state index is 11.7. The quantitative estimate of drug-likeness (QED) is 0.514. The Labute approximate surface area is 95.1 Å². The van der Waals surface area contributed by atoms with Gasteiger partial charge in [0.1, 0.15) is 0 Å². The Morgan fingerprint density at radius 3 is 2.81 bits per heavy atom. The van der Waals surface area contributed by atoms with Gasteiger partial charge in [-0.15, -0.1) is 6.58 Å². The van der Waals surface area contributed by atoms with E-state index in [1.165, 1.54) is 0 Å². The number of amides is 1. The molecule has 0 aliphatic carbocycles. The van der Waals surface area contributed by atoms with Gasteiger partial charge in [-0.1, -0.05) is 6.08 Å². The first kappa shape index (κ1) is 12.7. The summed E-state index contributed by atoms with van der Waals surface area (Å²) in [5, 5.41) is 11.9. The molecule has 0 aromatic carbocycles. The fraction of sp³-hybridized carbons (Fsp3) is 0.636. The maximum atomic E-state index is 11.7. The van der Waals surface area contributed by atoms with E-state index in [9.17, 15) is 9.59 Å². The largest absolute Gasteiger partial charge is 0.481 e. The lowest BCUT2D eigenvalue weighted by atomic mass is 10.0.